The van der Waals surface area contributed by atoms with E-state index in [1.165, 1.54) is 0 Å². The van der Waals surface area contributed by atoms with Crippen molar-refractivity contribution >= 4 is 27.3 Å². The lowest BCUT2D eigenvalue weighted by Gasteiger charge is -2.29. The molecule has 7 heteroatoms. The summed E-state index contributed by atoms with van der Waals surface area (Å²) in [5.41, 5.74) is -0.256. The van der Waals surface area contributed by atoms with Crippen LogP contribution in [-0.4, -0.2) is 52.6 Å². The van der Waals surface area contributed by atoms with Gasteiger partial charge in [-0.05, 0) is 38.5 Å². The molecule has 0 aromatic rings. The molecule has 0 aliphatic carbocycles. The first-order valence-corrected chi connectivity index (χ1v) is 7.25. The number of amides is 2. The summed E-state index contributed by atoms with van der Waals surface area (Å²) in [4.78, 5) is 21.2. The summed E-state index contributed by atoms with van der Waals surface area (Å²) in [5, 5.41) is 5.15. The third-order valence-electron chi connectivity index (χ3n) is 3.40. The molecule has 5 nitrogen and oxygen atoms in total. The van der Waals surface area contributed by atoms with Crippen molar-refractivity contribution in [3.8, 4) is 0 Å². The van der Waals surface area contributed by atoms with E-state index < -0.39 is 11.6 Å². The molecule has 0 atom stereocenters. The van der Waals surface area contributed by atoms with Crippen LogP contribution in [0.4, 0.5) is 9.59 Å². The summed E-state index contributed by atoms with van der Waals surface area (Å²) < 4.78 is 5.87. The van der Waals surface area contributed by atoms with Crippen LogP contribution in [0.1, 0.15) is 47.0 Å². The molecule has 0 bridgehead atoms. The fourth-order valence-electron chi connectivity index (χ4n) is 1.81. The summed E-state index contributed by atoms with van der Waals surface area (Å²) in [6.07, 6.45) is 2.41. The van der Waals surface area contributed by atoms with Gasteiger partial charge in [0.25, 0.3) is 0 Å². The van der Waals surface area contributed by atoms with Crippen molar-refractivity contribution in [1.29, 1.82) is 0 Å². The average Bonchev–Trinajstić information content (AvgIpc) is 2.26. The molecule has 0 spiro atoms. The second-order valence-electron chi connectivity index (χ2n) is 6.60. The fourth-order valence-corrected chi connectivity index (χ4v) is 1.81. The smallest absolute Gasteiger partial charge is 0.200 e. The van der Waals surface area contributed by atoms with E-state index >= 15 is 0 Å². The zero-order chi connectivity index (χ0) is 16.5. The first-order chi connectivity index (χ1) is 9.54. The van der Waals surface area contributed by atoms with Crippen molar-refractivity contribution in [2.24, 2.45) is 5.41 Å². The molecule has 2 amide bonds. The zero-order valence-corrected chi connectivity index (χ0v) is 13.6. The Labute approximate surface area is 130 Å². The van der Waals surface area contributed by atoms with Gasteiger partial charge in [0.2, 0.25) is 0 Å². The second-order valence-corrected chi connectivity index (χ2v) is 6.60. The SMILES string of the molecule is [B]C(=O)NCCC(C)(C)CCOC(C)(C)CCNC([B])=O. The number of rotatable bonds is 10. The molecule has 0 aromatic carbocycles. The lowest BCUT2D eigenvalue weighted by molar-refractivity contribution is -0.0337. The predicted molar refractivity (Wildman–Crippen MR) is 86.0 cm³/mol. The molecule has 116 valence electrons. The highest BCUT2D eigenvalue weighted by Gasteiger charge is 2.22. The Kier molecular flexibility index (Phi) is 8.71. The van der Waals surface area contributed by atoms with E-state index in [0.29, 0.717) is 26.1 Å². The lowest BCUT2D eigenvalue weighted by atomic mass is 9.86. The standard InChI is InChI=1S/C14H26B2N2O3/c1-13(2,5-8-17-11(15)19)7-10-21-14(3,4)6-9-18-12(16)20/h5-10H2,1-4H3,(H,17,19)(H,18,20). The van der Waals surface area contributed by atoms with Crippen molar-refractivity contribution in [1.82, 2.24) is 10.6 Å². The van der Waals surface area contributed by atoms with E-state index in [4.69, 9.17) is 20.4 Å². The van der Waals surface area contributed by atoms with Gasteiger partial charge >= 0.3 is 0 Å². The maximum absolute atomic E-state index is 10.6. The van der Waals surface area contributed by atoms with Gasteiger partial charge in [0, 0.05) is 19.7 Å². The van der Waals surface area contributed by atoms with Crippen molar-refractivity contribution in [3.05, 3.63) is 0 Å². The molecule has 0 saturated heterocycles. The van der Waals surface area contributed by atoms with E-state index in [2.05, 4.69) is 24.5 Å². The van der Waals surface area contributed by atoms with Crippen LogP contribution < -0.4 is 10.6 Å². The maximum Gasteiger partial charge on any atom is 0.200 e. The van der Waals surface area contributed by atoms with Crippen LogP contribution in [0.3, 0.4) is 0 Å². The van der Waals surface area contributed by atoms with Crippen LogP contribution >= 0.6 is 0 Å². The summed E-state index contributed by atoms with van der Waals surface area (Å²) in [6, 6.07) is 0. The number of carbonyl (C=O) groups excluding carboxylic acids is 2. The first-order valence-electron chi connectivity index (χ1n) is 7.25. The second kappa shape index (κ2) is 9.13. The van der Waals surface area contributed by atoms with E-state index in [-0.39, 0.29) is 11.0 Å². The fraction of sp³-hybridized carbons (Fsp3) is 0.857. The van der Waals surface area contributed by atoms with Gasteiger partial charge in [0.1, 0.15) is 0 Å². The van der Waals surface area contributed by atoms with Gasteiger partial charge in [-0.25, -0.2) is 0 Å². The number of hydrogen-bond acceptors (Lipinski definition) is 3. The van der Waals surface area contributed by atoms with Crippen LogP contribution in [0.2, 0.25) is 0 Å². The van der Waals surface area contributed by atoms with Gasteiger partial charge < -0.3 is 15.4 Å². The van der Waals surface area contributed by atoms with Crippen molar-refractivity contribution in [2.75, 3.05) is 19.7 Å². The molecule has 21 heavy (non-hydrogen) atoms. The normalized spacial score (nSPS) is 12.0. The number of nitrogens with one attached hydrogen (secondary N) is 2. The van der Waals surface area contributed by atoms with Crippen LogP contribution in [-0.2, 0) is 4.74 Å². The van der Waals surface area contributed by atoms with Gasteiger partial charge in [-0.15, -0.1) is 0 Å². The molecule has 0 saturated carbocycles. The molecule has 0 aliphatic heterocycles. The quantitative estimate of drug-likeness (QED) is 0.603. The molecular weight excluding hydrogens is 266 g/mol. The Morgan fingerprint density at radius 3 is 1.86 bits per heavy atom. The van der Waals surface area contributed by atoms with Crippen molar-refractivity contribution < 1.29 is 14.3 Å². The van der Waals surface area contributed by atoms with Gasteiger partial charge in [0.05, 0.1) is 5.60 Å². The Bertz CT molecular complexity index is 315. The molecule has 0 rings (SSSR count). The van der Waals surface area contributed by atoms with Crippen LogP contribution in [0, 0.1) is 5.41 Å². The molecule has 0 unspecified atom stereocenters. The predicted octanol–water partition coefficient (Wildman–Crippen LogP) is 1.73. The molecule has 0 heterocycles. The number of ether oxygens (including phenoxy) is 1. The van der Waals surface area contributed by atoms with Gasteiger partial charge in [0.15, 0.2) is 27.3 Å². The summed E-state index contributed by atoms with van der Waals surface area (Å²) in [6.45, 7) is 9.89. The average molecular weight is 292 g/mol. The molecule has 0 aliphatic rings. The van der Waals surface area contributed by atoms with E-state index in [1.54, 1.807) is 0 Å². The van der Waals surface area contributed by atoms with Crippen LogP contribution in [0.25, 0.3) is 0 Å². The van der Waals surface area contributed by atoms with Gasteiger partial charge in [-0.2, -0.15) is 0 Å². The van der Waals surface area contributed by atoms with Crippen molar-refractivity contribution in [3.63, 3.8) is 0 Å². The Balaban J connectivity index is 3.92. The highest BCUT2D eigenvalue weighted by atomic mass is 16.5. The third kappa shape index (κ3) is 12.5. The van der Waals surface area contributed by atoms with E-state index in [0.717, 1.165) is 12.8 Å². The summed E-state index contributed by atoms with van der Waals surface area (Å²) in [5.74, 6) is -1.01. The summed E-state index contributed by atoms with van der Waals surface area (Å²) in [7, 11) is 10.1. The molecule has 0 aromatic heterocycles. The number of hydrogen-bond donors (Lipinski definition) is 2. The highest BCUT2D eigenvalue weighted by Crippen LogP contribution is 2.26. The molecule has 0 fully saturated rings. The summed E-state index contributed by atoms with van der Waals surface area (Å²) >= 11 is 0. The van der Waals surface area contributed by atoms with Crippen LogP contribution in [0.15, 0.2) is 0 Å². The molecule has 2 N–H and O–H groups in total. The molecular formula is C14H26B2N2O3. The third-order valence-corrected chi connectivity index (χ3v) is 3.40. The minimum atomic E-state index is -0.520. The Morgan fingerprint density at radius 2 is 1.38 bits per heavy atom. The highest BCUT2D eigenvalue weighted by molar-refractivity contribution is 6.57. The minimum absolute atomic E-state index is 0.0595. The minimum Gasteiger partial charge on any atom is -0.375 e. The monoisotopic (exact) mass is 292 g/mol. The van der Waals surface area contributed by atoms with E-state index in [9.17, 15) is 9.59 Å². The zero-order valence-electron chi connectivity index (χ0n) is 13.6. The first kappa shape index (κ1) is 20.0. The van der Waals surface area contributed by atoms with Gasteiger partial charge in [-0.3, -0.25) is 9.59 Å². The van der Waals surface area contributed by atoms with E-state index in [1.807, 2.05) is 13.8 Å². The lowest BCUT2D eigenvalue weighted by Crippen LogP contribution is -2.33. The van der Waals surface area contributed by atoms with Crippen LogP contribution in [0.5, 0.6) is 0 Å². The number of carbonyl (C=O) groups is 2. The van der Waals surface area contributed by atoms with Crippen molar-refractivity contribution in [2.45, 2.75) is 52.6 Å². The molecule has 4 radical (unpaired) electrons. The maximum atomic E-state index is 10.6. The van der Waals surface area contributed by atoms with Gasteiger partial charge in [-0.1, -0.05) is 13.8 Å². The Hall–Kier alpha value is -0.970. The largest absolute Gasteiger partial charge is 0.375 e. The Morgan fingerprint density at radius 1 is 0.905 bits per heavy atom. The topological polar surface area (TPSA) is 67.4 Å².